The van der Waals surface area contributed by atoms with E-state index in [1.165, 1.54) is 28.8 Å². The molecule has 1 amide bonds. The minimum atomic E-state index is -0.0960. The van der Waals surface area contributed by atoms with E-state index in [9.17, 15) is 4.79 Å². The molecule has 3 aromatic rings. The van der Waals surface area contributed by atoms with E-state index in [2.05, 4.69) is 27.4 Å². The molecule has 0 aliphatic carbocycles. The zero-order chi connectivity index (χ0) is 20.2. The van der Waals surface area contributed by atoms with Crippen molar-refractivity contribution in [3.05, 3.63) is 77.1 Å². The quantitative estimate of drug-likeness (QED) is 0.494. The summed E-state index contributed by atoms with van der Waals surface area (Å²) in [6, 6.07) is 17.7. The molecule has 0 radical (unpaired) electrons. The largest absolute Gasteiger partial charge is 0.322 e. The molecule has 0 bridgehead atoms. The zero-order valence-corrected chi connectivity index (χ0v) is 18.7. The van der Waals surface area contributed by atoms with Crippen molar-refractivity contribution in [2.75, 3.05) is 16.8 Å². The Hall–Kier alpha value is -1.96. The Morgan fingerprint density at radius 3 is 2.21 bits per heavy atom. The monoisotopic (exact) mass is 439 g/mol. The highest BCUT2D eigenvalue weighted by atomic mass is 32.2. The fraction of sp³-hybridized carbons (Fsp3) is 0.227. The molecule has 0 atom stereocenters. The van der Waals surface area contributed by atoms with Crippen molar-refractivity contribution >= 4 is 46.9 Å². The Bertz CT molecular complexity index is 981. The van der Waals surface area contributed by atoms with Crippen LogP contribution in [0.5, 0.6) is 0 Å². The summed E-state index contributed by atoms with van der Waals surface area (Å²) < 4.78 is 0.498. The van der Waals surface area contributed by atoms with Crippen molar-refractivity contribution in [3.63, 3.8) is 0 Å². The Balaban J connectivity index is 1.38. The van der Waals surface area contributed by atoms with Gasteiger partial charge in [0.05, 0.1) is 4.58 Å². The number of carbonyl (C=O) groups is 1. The third-order valence-corrected chi connectivity index (χ3v) is 8.33. The molecule has 2 heterocycles. The molecule has 148 valence electrons. The third-order valence-electron chi connectivity index (χ3n) is 4.35. The summed E-state index contributed by atoms with van der Waals surface area (Å²) in [7, 11) is 0. The summed E-state index contributed by atoms with van der Waals surface area (Å²) in [5.41, 5.74) is 4.64. The minimum Gasteiger partial charge on any atom is -0.322 e. The van der Waals surface area contributed by atoms with Crippen molar-refractivity contribution < 1.29 is 4.79 Å². The van der Waals surface area contributed by atoms with E-state index in [1.807, 2.05) is 79.8 Å². The first-order valence-corrected chi connectivity index (χ1v) is 12.2. The van der Waals surface area contributed by atoms with E-state index < -0.39 is 0 Å². The summed E-state index contributed by atoms with van der Waals surface area (Å²) in [5.74, 6) is 2.30. The first kappa shape index (κ1) is 20.3. The number of aryl methyl sites for hydroxylation is 2. The van der Waals surface area contributed by atoms with E-state index in [1.54, 1.807) is 0 Å². The molecule has 1 saturated heterocycles. The van der Waals surface area contributed by atoms with Gasteiger partial charge in [0.25, 0.3) is 5.91 Å². The Kier molecular flexibility index (Phi) is 6.47. The van der Waals surface area contributed by atoms with Gasteiger partial charge in [-0.15, -0.1) is 23.5 Å². The maximum absolute atomic E-state index is 12.6. The summed E-state index contributed by atoms with van der Waals surface area (Å²) in [6.45, 7) is 3.94. The highest BCUT2D eigenvalue weighted by Gasteiger charge is 2.18. The van der Waals surface area contributed by atoms with Gasteiger partial charge in [-0.2, -0.15) is 0 Å². The number of nitrogens with zero attached hydrogens (tertiary/aromatic N) is 2. The minimum absolute atomic E-state index is 0.0960. The number of rotatable bonds is 5. The first-order chi connectivity index (χ1) is 14.1. The first-order valence-electron chi connectivity index (χ1n) is 9.31. The van der Waals surface area contributed by atoms with Crippen LogP contribution in [-0.4, -0.2) is 27.4 Å². The van der Waals surface area contributed by atoms with Gasteiger partial charge in [0, 0.05) is 39.0 Å². The van der Waals surface area contributed by atoms with E-state index in [0.29, 0.717) is 10.1 Å². The fourth-order valence-electron chi connectivity index (χ4n) is 3.00. The number of aromatic nitrogens is 2. The molecule has 2 aromatic carbocycles. The lowest BCUT2D eigenvalue weighted by molar-refractivity contribution is 0.102. The van der Waals surface area contributed by atoms with Crippen LogP contribution in [0, 0.1) is 13.8 Å². The second-order valence-corrected chi connectivity index (χ2v) is 10.5. The summed E-state index contributed by atoms with van der Waals surface area (Å²) in [4.78, 5) is 22.5. The maximum Gasteiger partial charge on any atom is 0.255 e. The number of hydrogen-bond acceptors (Lipinski definition) is 6. The van der Waals surface area contributed by atoms with Gasteiger partial charge in [-0.3, -0.25) is 4.79 Å². The van der Waals surface area contributed by atoms with Crippen LogP contribution in [0.25, 0.3) is 0 Å². The van der Waals surface area contributed by atoms with Crippen molar-refractivity contribution in [2.45, 2.75) is 28.5 Å². The molecular weight excluding hydrogens is 418 g/mol. The number of amides is 1. The van der Waals surface area contributed by atoms with Crippen LogP contribution in [0.15, 0.2) is 64.6 Å². The van der Waals surface area contributed by atoms with E-state index >= 15 is 0 Å². The molecule has 0 spiro atoms. The lowest BCUT2D eigenvalue weighted by atomic mass is 10.1. The molecule has 1 aromatic heterocycles. The number of nitrogens with one attached hydrogen (secondary N) is 1. The van der Waals surface area contributed by atoms with Crippen molar-refractivity contribution in [3.8, 4) is 0 Å². The van der Waals surface area contributed by atoms with Crippen LogP contribution >= 0.6 is 35.3 Å². The van der Waals surface area contributed by atoms with Gasteiger partial charge in [-0.1, -0.05) is 12.1 Å². The lowest BCUT2D eigenvalue weighted by Crippen LogP contribution is -2.11. The molecule has 4 nitrogen and oxygen atoms in total. The number of thioether (sulfide) groups is 2. The molecule has 4 rings (SSSR count). The SMILES string of the molecule is Cc1cc(C)nc(Sc2ccc(NC(=O)c3ccc(C4SCCS4)cc3)cc2)n1. The standard InChI is InChI=1S/C22H21N3OS3/c1-14-13-15(2)24-22(23-14)29-19-9-7-18(8-10-19)25-20(26)16-3-5-17(6-4-16)21-27-11-12-28-21/h3-10,13,21H,11-12H2,1-2H3,(H,25,26). The van der Waals surface area contributed by atoms with Crippen LogP contribution in [0.1, 0.15) is 31.9 Å². The Morgan fingerprint density at radius 2 is 1.59 bits per heavy atom. The number of anilines is 1. The third kappa shape index (κ3) is 5.35. The highest BCUT2D eigenvalue weighted by molar-refractivity contribution is 8.19. The van der Waals surface area contributed by atoms with Crippen molar-refractivity contribution in [1.29, 1.82) is 0 Å². The zero-order valence-electron chi connectivity index (χ0n) is 16.2. The lowest BCUT2D eigenvalue weighted by Gasteiger charge is -2.10. The molecule has 1 aliphatic rings. The highest BCUT2D eigenvalue weighted by Crippen LogP contribution is 2.45. The second-order valence-electron chi connectivity index (χ2n) is 6.71. The number of benzene rings is 2. The summed E-state index contributed by atoms with van der Waals surface area (Å²) >= 11 is 5.45. The van der Waals surface area contributed by atoms with E-state index in [0.717, 1.165) is 27.1 Å². The molecule has 0 unspecified atom stereocenters. The van der Waals surface area contributed by atoms with E-state index in [4.69, 9.17) is 0 Å². The smallest absolute Gasteiger partial charge is 0.255 e. The van der Waals surface area contributed by atoms with Gasteiger partial charge in [0.1, 0.15) is 0 Å². The van der Waals surface area contributed by atoms with Gasteiger partial charge in [-0.05, 0) is 73.6 Å². The predicted molar refractivity (Wildman–Crippen MR) is 124 cm³/mol. The molecule has 0 saturated carbocycles. The topological polar surface area (TPSA) is 54.9 Å². The van der Waals surface area contributed by atoms with Crippen LogP contribution in [0.3, 0.4) is 0 Å². The maximum atomic E-state index is 12.6. The van der Waals surface area contributed by atoms with Crippen LogP contribution in [0.2, 0.25) is 0 Å². The molecular formula is C22H21N3OS3. The van der Waals surface area contributed by atoms with Gasteiger partial charge in [0.15, 0.2) is 5.16 Å². The van der Waals surface area contributed by atoms with Gasteiger partial charge < -0.3 is 5.32 Å². The molecule has 1 N–H and O–H groups in total. The summed E-state index contributed by atoms with van der Waals surface area (Å²) in [5, 5.41) is 3.70. The average molecular weight is 440 g/mol. The summed E-state index contributed by atoms with van der Waals surface area (Å²) in [6.07, 6.45) is 0. The van der Waals surface area contributed by atoms with E-state index in [-0.39, 0.29) is 5.91 Å². The Morgan fingerprint density at radius 1 is 0.966 bits per heavy atom. The predicted octanol–water partition coefficient (Wildman–Crippen LogP) is 5.98. The normalized spacial score (nSPS) is 14.1. The van der Waals surface area contributed by atoms with Gasteiger partial charge in [-0.25, -0.2) is 9.97 Å². The number of hydrogen-bond donors (Lipinski definition) is 1. The fourth-order valence-corrected chi connectivity index (χ4v) is 6.72. The average Bonchev–Trinajstić information content (AvgIpc) is 3.24. The molecule has 1 aliphatic heterocycles. The van der Waals surface area contributed by atoms with Gasteiger partial charge >= 0.3 is 0 Å². The Labute approximate surface area is 183 Å². The van der Waals surface area contributed by atoms with Crippen molar-refractivity contribution in [1.82, 2.24) is 9.97 Å². The van der Waals surface area contributed by atoms with Crippen LogP contribution < -0.4 is 5.32 Å². The molecule has 7 heteroatoms. The number of carbonyl (C=O) groups excluding carboxylic acids is 1. The van der Waals surface area contributed by atoms with Crippen LogP contribution in [-0.2, 0) is 0 Å². The van der Waals surface area contributed by atoms with Crippen molar-refractivity contribution in [2.24, 2.45) is 0 Å². The van der Waals surface area contributed by atoms with Gasteiger partial charge in [0.2, 0.25) is 0 Å². The molecule has 29 heavy (non-hydrogen) atoms. The molecule has 1 fully saturated rings. The second kappa shape index (κ2) is 9.24. The van der Waals surface area contributed by atoms with Crippen LogP contribution in [0.4, 0.5) is 5.69 Å².